The summed E-state index contributed by atoms with van der Waals surface area (Å²) in [6.07, 6.45) is 2.03. The van der Waals surface area contributed by atoms with E-state index in [1.54, 1.807) is 4.57 Å². The quantitative estimate of drug-likeness (QED) is 0.855. The number of benzene rings is 1. The normalized spacial score (nSPS) is 17.9. The zero-order valence-electron chi connectivity index (χ0n) is 16.5. The number of para-hydroxylation sites is 2. The molecular formula is C20H32N4O. The highest BCUT2D eigenvalue weighted by Crippen LogP contribution is 2.30. The molecular weight excluding hydrogens is 312 g/mol. The molecule has 1 aliphatic rings. The topological polar surface area (TPSA) is 33.4 Å². The maximum absolute atomic E-state index is 12.8. The van der Waals surface area contributed by atoms with Crippen molar-refractivity contribution in [3.63, 3.8) is 0 Å². The lowest BCUT2D eigenvalue weighted by atomic mass is 9.99. The predicted molar refractivity (Wildman–Crippen MR) is 104 cm³/mol. The van der Waals surface area contributed by atoms with Crippen molar-refractivity contribution in [2.75, 3.05) is 20.1 Å². The largest absolute Gasteiger partial charge is 0.329 e. The minimum absolute atomic E-state index is 0.0306. The average Bonchev–Trinajstić information content (AvgIpc) is 2.85. The second-order valence-electron chi connectivity index (χ2n) is 8.12. The summed E-state index contributed by atoms with van der Waals surface area (Å²) in [5.74, 6) is 0. The maximum Gasteiger partial charge on any atom is 0.329 e. The summed E-state index contributed by atoms with van der Waals surface area (Å²) in [4.78, 5) is 17.8. The number of hydrogen-bond donors (Lipinski definition) is 0. The van der Waals surface area contributed by atoms with Crippen LogP contribution < -0.4 is 5.69 Å². The molecule has 0 atom stereocenters. The Balaban J connectivity index is 1.82. The maximum atomic E-state index is 12.8. The Kier molecular flexibility index (Phi) is 4.82. The highest BCUT2D eigenvalue weighted by atomic mass is 16.1. The van der Waals surface area contributed by atoms with E-state index in [4.69, 9.17) is 0 Å². The first-order valence-electron chi connectivity index (χ1n) is 9.39. The van der Waals surface area contributed by atoms with Gasteiger partial charge in [0, 0.05) is 32.2 Å². The molecule has 1 aromatic carbocycles. The van der Waals surface area contributed by atoms with Crippen molar-refractivity contribution in [2.24, 2.45) is 7.05 Å². The van der Waals surface area contributed by atoms with Crippen molar-refractivity contribution in [1.82, 2.24) is 18.9 Å². The van der Waals surface area contributed by atoms with E-state index in [-0.39, 0.29) is 17.4 Å². The minimum Gasteiger partial charge on any atom is -0.295 e. The number of hydrogen-bond acceptors (Lipinski definition) is 3. The van der Waals surface area contributed by atoms with Gasteiger partial charge >= 0.3 is 5.69 Å². The van der Waals surface area contributed by atoms with E-state index >= 15 is 0 Å². The van der Waals surface area contributed by atoms with Crippen molar-refractivity contribution >= 4 is 11.0 Å². The van der Waals surface area contributed by atoms with Crippen LogP contribution in [0, 0.1) is 0 Å². The van der Waals surface area contributed by atoms with Gasteiger partial charge in [-0.2, -0.15) is 0 Å². The predicted octanol–water partition coefficient (Wildman–Crippen LogP) is 3.05. The molecule has 1 fully saturated rings. The first-order valence-corrected chi connectivity index (χ1v) is 9.39. The van der Waals surface area contributed by atoms with Crippen LogP contribution in [-0.4, -0.2) is 50.8 Å². The molecule has 5 nitrogen and oxygen atoms in total. The zero-order valence-corrected chi connectivity index (χ0v) is 16.5. The molecule has 138 valence electrons. The van der Waals surface area contributed by atoms with E-state index in [0.717, 1.165) is 37.0 Å². The highest BCUT2D eigenvalue weighted by Gasteiger charge is 2.35. The Bertz CT molecular complexity index is 794. The third-order valence-corrected chi connectivity index (χ3v) is 6.24. The molecule has 0 radical (unpaired) electrons. The molecule has 0 spiro atoms. The fraction of sp³-hybridized carbons (Fsp3) is 0.650. The molecule has 0 unspecified atom stereocenters. The minimum atomic E-state index is 0.0306. The van der Waals surface area contributed by atoms with Gasteiger partial charge in [-0.1, -0.05) is 12.1 Å². The molecule has 25 heavy (non-hydrogen) atoms. The van der Waals surface area contributed by atoms with Crippen LogP contribution in [0.2, 0.25) is 0 Å². The van der Waals surface area contributed by atoms with Gasteiger partial charge in [0.05, 0.1) is 16.7 Å². The zero-order chi connectivity index (χ0) is 18.4. The summed E-state index contributed by atoms with van der Waals surface area (Å²) < 4.78 is 3.80. The van der Waals surface area contributed by atoms with Gasteiger partial charge in [0.15, 0.2) is 0 Å². The Morgan fingerprint density at radius 2 is 1.68 bits per heavy atom. The number of aromatic nitrogens is 2. The van der Waals surface area contributed by atoms with Gasteiger partial charge in [-0.3, -0.25) is 18.9 Å². The van der Waals surface area contributed by atoms with Crippen LogP contribution >= 0.6 is 0 Å². The van der Waals surface area contributed by atoms with Gasteiger partial charge < -0.3 is 0 Å². The smallest absolute Gasteiger partial charge is 0.295 e. The molecule has 0 bridgehead atoms. The number of rotatable bonds is 4. The number of fused-ring (bicyclic) bond motifs is 1. The van der Waals surface area contributed by atoms with Gasteiger partial charge in [-0.25, -0.2) is 4.79 Å². The third kappa shape index (κ3) is 3.04. The molecule has 0 amide bonds. The number of aryl methyl sites for hydroxylation is 1. The summed E-state index contributed by atoms with van der Waals surface area (Å²) in [7, 11) is 4.07. The van der Waals surface area contributed by atoms with Crippen LogP contribution in [0.25, 0.3) is 11.0 Å². The first kappa shape index (κ1) is 18.2. The van der Waals surface area contributed by atoms with Crippen molar-refractivity contribution < 1.29 is 0 Å². The van der Waals surface area contributed by atoms with Gasteiger partial charge in [0.2, 0.25) is 0 Å². The summed E-state index contributed by atoms with van der Waals surface area (Å²) in [6, 6.07) is 8.92. The van der Waals surface area contributed by atoms with E-state index in [9.17, 15) is 4.79 Å². The van der Waals surface area contributed by atoms with Crippen molar-refractivity contribution in [2.45, 2.75) is 58.3 Å². The van der Waals surface area contributed by atoms with Crippen molar-refractivity contribution in [3.05, 3.63) is 34.7 Å². The number of likely N-dealkylation sites (tertiary alicyclic amines) is 1. The number of piperidine rings is 1. The van der Waals surface area contributed by atoms with E-state index in [2.05, 4.69) is 50.6 Å². The third-order valence-electron chi connectivity index (χ3n) is 6.24. The van der Waals surface area contributed by atoms with Crippen molar-refractivity contribution in [1.29, 1.82) is 0 Å². The van der Waals surface area contributed by atoms with Gasteiger partial charge in [-0.15, -0.1) is 0 Å². The van der Waals surface area contributed by atoms with Crippen LogP contribution in [0.3, 0.4) is 0 Å². The molecule has 1 aromatic heterocycles. The molecule has 3 rings (SSSR count). The summed E-state index contributed by atoms with van der Waals surface area (Å²) in [5.41, 5.74) is 2.23. The SMILES string of the molecule is CC(C)N(C)C(C)(C)N1CCC(n2c(=O)n(C)c3ccccc32)CC1. The van der Waals surface area contributed by atoms with E-state index in [1.807, 2.05) is 29.8 Å². The lowest BCUT2D eigenvalue weighted by molar-refractivity contribution is -0.0491. The molecule has 2 heterocycles. The van der Waals surface area contributed by atoms with Crippen LogP contribution in [0.5, 0.6) is 0 Å². The Hall–Kier alpha value is -1.59. The van der Waals surface area contributed by atoms with Gasteiger partial charge in [0.25, 0.3) is 0 Å². The molecule has 5 heteroatoms. The standard InChI is InChI=1S/C20H32N4O/c1-15(2)22(6)20(3,4)23-13-11-16(12-14-23)24-18-10-8-7-9-17(18)21(5)19(24)25/h7-10,15-16H,11-14H2,1-6H3. The summed E-state index contributed by atoms with van der Waals surface area (Å²) >= 11 is 0. The average molecular weight is 345 g/mol. The second-order valence-corrected chi connectivity index (χ2v) is 8.12. The van der Waals surface area contributed by atoms with Gasteiger partial charge in [-0.05, 0) is 59.7 Å². The van der Waals surface area contributed by atoms with Gasteiger partial charge in [0.1, 0.15) is 0 Å². The fourth-order valence-corrected chi connectivity index (χ4v) is 4.20. The lowest BCUT2D eigenvalue weighted by Gasteiger charge is -2.49. The Morgan fingerprint density at radius 1 is 1.12 bits per heavy atom. The summed E-state index contributed by atoms with van der Waals surface area (Å²) in [5, 5.41) is 0. The highest BCUT2D eigenvalue weighted by molar-refractivity contribution is 5.76. The molecule has 0 aliphatic carbocycles. The second kappa shape index (κ2) is 6.61. The molecule has 1 saturated heterocycles. The van der Waals surface area contributed by atoms with E-state index in [0.29, 0.717) is 6.04 Å². The van der Waals surface area contributed by atoms with Crippen LogP contribution in [0.15, 0.2) is 29.1 Å². The van der Waals surface area contributed by atoms with E-state index in [1.165, 1.54) is 0 Å². The molecule has 1 aliphatic heterocycles. The lowest BCUT2D eigenvalue weighted by Crippen LogP contribution is -2.59. The van der Waals surface area contributed by atoms with Crippen LogP contribution in [-0.2, 0) is 7.05 Å². The van der Waals surface area contributed by atoms with Crippen LogP contribution in [0.1, 0.15) is 46.6 Å². The molecule has 2 aromatic rings. The fourth-order valence-electron chi connectivity index (χ4n) is 4.20. The first-order chi connectivity index (χ1) is 11.7. The number of nitrogens with zero attached hydrogens (tertiary/aromatic N) is 4. The Morgan fingerprint density at radius 3 is 2.24 bits per heavy atom. The summed E-state index contributed by atoms with van der Waals surface area (Å²) in [6.45, 7) is 11.1. The monoisotopic (exact) mass is 344 g/mol. The van der Waals surface area contributed by atoms with Crippen LogP contribution in [0.4, 0.5) is 0 Å². The van der Waals surface area contributed by atoms with E-state index < -0.39 is 0 Å². The van der Waals surface area contributed by atoms with Crippen molar-refractivity contribution in [3.8, 4) is 0 Å². The number of imidazole rings is 1. The molecule has 0 N–H and O–H groups in total. The molecule has 0 saturated carbocycles. The Labute approximate surface area is 150 Å².